The lowest BCUT2D eigenvalue weighted by Crippen LogP contribution is -2.48. The van der Waals surface area contributed by atoms with E-state index in [-0.39, 0.29) is 24.1 Å². The zero-order chi connectivity index (χ0) is 14.8. The van der Waals surface area contributed by atoms with Crippen molar-refractivity contribution >= 4 is 33.8 Å². The molecule has 0 bridgehead atoms. The van der Waals surface area contributed by atoms with Crippen LogP contribution in [0.25, 0.3) is 4.96 Å². The highest BCUT2D eigenvalue weighted by Gasteiger charge is 2.24. The van der Waals surface area contributed by atoms with Crippen molar-refractivity contribution < 1.29 is 9.72 Å². The maximum atomic E-state index is 12.0. The van der Waals surface area contributed by atoms with Crippen molar-refractivity contribution in [3.05, 3.63) is 21.7 Å². The monoisotopic (exact) mass is 310 g/mol. The van der Waals surface area contributed by atoms with Crippen LogP contribution in [0.2, 0.25) is 0 Å². The van der Waals surface area contributed by atoms with Gasteiger partial charge in [0.2, 0.25) is 11.7 Å². The molecule has 3 rings (SSSR count). The fourth-order valence-corrected chi connectivity index (χ4v) is 2.96. The van der Waals surface area contributed by atoms with E-state index in [0.717, 1.165) is 13.1 Å². The summed E-state index contributed by atoms with van der Waals surface area (Å²) in [5.41, 5.74) is 0. The van der Waals surface area contributed by atoms with Crippen LogP contribution in [0.4, 0.5) is 11.6 Å². The Hall–Kier alpha value is -2.20. The number of fused-ring (bicyclic) bond motifs is 1. The molecule has 112 valence electrons. The van der Waals surface area contributed by atoms with Crippen LogP contribution >= 0.6 is 11.3 Å². The summed E-state index contributed by atoms with van der Waals surface area (Å²) in [7, 11) is 0. The molecular weight excluding hydrogens is 296 g/mol. The van der Waals surface area contributed by atoms with Crippen LogP contribution in [0, 0.1) is 10.1 Å². The molecular formula is C11H14N6O3S. The molecule has 9 nitrogen and oxygen atoms in total. The minimum Gasteiger partial charge on any atom is -0.358 e. The highest BCUT2D eigenvalue weighted by Crippen LogP contribution is 2.27. The Labute approximate surface area is 123 Å². The third kappa shape index (κ3) is 2.67. The van der Waals surface area contributed by atoms with E-state index < -0.39 is 4.92 Å². The number of rotatable bonds is 4. The Morgan fingerprint density at radius 1 is 1.52 bits per heavy atom. The number of amides is 1. The number of hydrogen-bond acceptors (Lipinski definition) is 7. The third-order valence-corrected chi connectivity index (χ3v) is 4.04. The Morgan fingerprint density at radius 2 is 2.29 bits per heavy atom. The summed E-state index contributed by atoms with van der Waals surface area (Å²) in [5.74, 6) is -0.0863. The van der Waals surface area contributed by atoms with Gasteiger partial charge in [0, 0.05) is 31.6 Å². The molecule has 21 heavy (non-hydrogen) atoms. The van der Waals surface area contributed by atoms with E-state index in [2.05, 4.69) is 15.6 Å². The maximum absolute atomic E-state index is 12.0. The van der Waals surface area contributed by atoms with Crippen LogP contribution in [0.15, 0.2) is 11.6 Å². The van der Waals surface area contributed by atoms with Crippen LogP contribution in [-0.4, -0.2) is 57.8 Å². The van der Waals surface area contributed by atoms with Crippen molar-refractivity contribution in [2.75, 3.05) is 38.0 Å². The molecule has 0 aliphatic carbocycles. The van der Waals surface area contributed by atoms with Gasteiger partial charge < -0.3 is 25.6 Å². The Balaban J connectivity index is 1.72. The first-order valence-electron chi connectivity index (χ1n) is 6.49. The Morgan fingerprint density at radius 3 is 3.00 bits per heavy atom. The lowest BCUT2D eigenvalue weighted by Gasteiger charge is -2.27. The van der Waals surface area contributed by atoms with Crippen molar-refractivity contribution in [2.45, 2.75) is 0 Å². The average Bonchev–Trinajstić information content (AvgIpc) is 3.05. The van der Waals surface area contributed by atoms with Crippen LogP contribution in [0.3, 0.4) is 0 Å². The molecule has 0 saturated carbocycles. The van der Waals surface area contributed by atoms with Crippen molar-refractivity contribution in [3.8, 4) is 0 Å². The van der Waals surface area contributed by atoms with Gasteiger partial charge >= 0.3 is 5.82 Å². The van der Waals surface area contributed by atoms with E-state index in [4.69, 9.17) is 0 Å². The van der Waals surface area contributed by atoms with E-state index in [1.165, 1.54) is 15.7 Å². The van der Waals surface area contributed by atoms with E-state index in [0.29, 0.717) is 18.1 Å². The lowest BCUT2D eigenvalue weighted by atomic mass is 10.3. The molecule has 2 aromatic rings. The summed E-state index contributed by atoms with van der Waals surface area (Å²) in [5, 5.41) is 18.8. The normalized spacial score (nSPS) is 15.3. The summed E-state index contributed by atoms with van der Waals surface area (Å²) in [4.78, 5) is 29.1. The predicted molar refractivity (Wildman–Crippen MR) is 77.7 cm³/mol. The first kappa shape index (κ1) is 13.8. The summed E-state index contributed by atoms with van der Waals surface area (Å²) in [6.45, 7) is 2.85. The van der Waals surface area contributed by atoms with Crippen LogP contribution in [-0.2, 0) is 4.79 Å². The number of nitrogens with one attached hydrogen (secondary N) is 2. The first-order chi connectivity index (χ1) is 10.2. The second kappa shape index (κ2) is 5.66. The Bertz CT molecular complexity index is 675. The number of aromatic nitrogens is 2. The third-order valence-electron chi connectivity index (χ3n) is 3.29. The van der Waals surface area contributed by atoms with Gasteiger partial charge in [0.1, 0.15) is 6.20 Å². The second-order valence-electron chi connectivity index (χ2n) is 4.58. The largest absolute Gasteiger partial charge is 0.372 e. The molecule has 3 heterocycles. The smallest absolute Gasteiger partial charge is 0.358 e. The van der Waals surface area contributed by atoms with Gasteiger partial charge in [-0.25, -0.2) is 0 Å². The van der Waals surface area contributed by atoms with Gasteiger partial charge in [0.25, 0.3) is 4.96 Å². The zero-order valence-electron chi connectivity index (χ0n) is 11.1. The molecule has 1 aliphatic heterocycles. The SMILES string of the molecule is O=C(CNc1nc2sccn2c1[N+](=O)[O-])N1CCNCC1. The van der Waals surface area contributed by atoms with Gasteiger partial charge in [-0.3, -0.25) is 4.79 Å². The van der Waals surface area contributed by atoms with E-state index in [1.54, 1.807) is 16.5 Å². The fraction of sp³-hybridized carbons (Fsp3) is 0.455. The summed E-state index contributed by atoms with van der Waals surface area (Å²) >= 11 is 1.31. The summed E-state index contributed by atoms with van der Waals surface area (Å²) in [6.07, 6.45) is 1.59. The number of nitro groups is 1. The number of thiazole rings is 1. The molecule has 2 aromatic heterocycles. The van der Waals surface area contributed by atoms with Gasteiger partial charge in [-0.2, -0.15) is 9.38 Å². The van der Waals surface area contributed by atoms with Gasteiger partial charge in [0.05, 0.1) is 6.54 Å². The minimum atomic E-state index is -0.496. The van der Waals surface area contributed by atoms with Gasteiger partial charge in [-0.1, -0.05) is 11.3 Å². The number of carbonyl (C=O) groups excluding carboxylic acids is 1. The van der Waals surface area contributed by atoms with Crippen LogP contribution < -0.4 is 10.6 Å². The van der Waals surface area contributed by atoms with Gasteiger partial charge in [-0.05, 0) is 4.92 Å². The quantitative estimate of drug-likeness (QED) is 0.615. The van der Waals surface area contributed by atoms with Crippen molar-refractivity contribution in [3.63, 3.8) is 0 Å². The van der Waals surface area contributed by atoms with Crippen LogP contribution in [0.5, 0.6) is 0 Å². The Kier molecular flexibility index (Phi) is 3.71. The molecule has 10 heteroatoms. The second-order valence-corrected chi connectivity index (χ2v) is 5.45. The van der Waals surface area contributed by atoms with Crippen molar-refractivity contribution in [1.82, 2.24) is 19.6 Å². The molecule has 1 saturated heterocycles. The first-order valence-corrected chi connectivity index (χ1v) is 7.37. The molecule has 0 unspecified atom stereocenters. The lowest BCUT2D eigenvalue weighted by molar-refractivity contribution is -0.389. The highest BCUT2D eigenvalue weighted by atomic mass is 32.1. The number of carbonyl (C=O) groups is 1. The number of anilines is 1. The number of piperazine rings is 1. The minimum absolute atomic E-state index is 0.00563. The average molecular weight is 310 g/mol. The van der Waals surface area contributed by atoms with Crippen LogP contribution in [0.1, 0.15) is 0 Å². The standard InChI is InChI=1S/C11H14N6O3S/c18-8(15-3-1-12-2-4-15)7-13-9-10(17(19)20)16-5-6-21-11(16)14-9/h5-6,12-13H,1-4,7H2. The van der Waals surface area contributed by atoms with Crippen molar-refractivity contribution in [2.24, 2.45) is 0 Å². The van der Waals surface area contributed by atoms with E-state index in [9.17, 15) is 14.9 Å². The molecule has 0 spiro atoms. The summed E-state index contributed by atoms with van der Waals surface area (Å²) in [6, 6.07) is 0. The molecule has 2 N–H and O–H groups in total. The molecule has 0 aromatic carbocycles. The number of imidazole rings is 1. The molecule has 1 amide bonds. The van der Waals surface area contributed by atoms with Crippen molar-refractivity contribution in [1.29, 1.82) is 0 Å². The van der Waals surface area contributed by atoms with Gasteiger partial charge in [-0.15, -0.1) is 0 Å². The predicted octanol–water partition coefficient (Wildman–Crippen LogP) is 0.148. The number of nitrogens with zero attached hydrogens (tertiary/aromatic N) is 4. The topological polar surface area (TPSA) is 105 Å². The van der Waals surface area contributed by atoms with E-state index in [1.807, 2.05) is 0 Å². The van der Waals surface area contributed by atoms with Gasteiger partial charge in [0.15, 0.2) is 0 Å². The zero-order valence-corrected chi connectivity index (χ0v) is 11.9. The highest BCUT2D eigenvalue weighted by molar-refractivity contribution is 7.15. The van der Waals surface area contributed by atoms with E-state index >= 15 is 0 Å². The molecule has 0 atom stereocenters. The maximum Gasteiger partial charge on any atom is 0.372 e. The number of hydrogen-bond donors (Lipinski definition) is 2. The molecule has 1 fully saturated rings. The molecule has 0 radical (unpaired) electrons. The molecule has 1 aliphatic rings. The fourth-order valence-electron chi connectivity index (χ4n) is 2.25. The summed E-state index contributed by atoms with van der Waals surface area (Å²) < 4.78 is 1.41.